The van der Waals surface area contributed by atoms with Crippen molar-refractivity contribution >= 4 is 5.82 Å². The van der Waals surface area contributed by atoms with Crippen molar-refractivity contribution in [3.8, 4) is 11.9 Å². The molecule has 0 spiro atoms. The number of aromatic nitrogens is 1. The Labute approximate surface area is 71.0 Å². The number of nitrogens with zero attached hydrogens (tertiary/aromatic N) is 3. The maximum Gasteiger partial charge on any atom is 0.185 e. The first-order valence-corrected chi connectivity index (χ1v) is 3.42. The molecule has 0 aromatic carbocycles. The minimum Gasteiger partial charge on any atom is -0.493 e. The second-order valence-electron chi connectivity index (χ2n) is 2.19. The highest BCUT2D eigenvalue weighted by atomic mass is 16.5. The number of methoxy groups -OCH3 is 1. The van der Waals surface area contributed by atoms with Crippen LogP contribution in [0.1, 0.15) is 0 Å². The second kappa shape index (κ2) is 3.58. The second-order valence-corrected chi connectivity index (χ2v) is 2.19. The van der Waals surface area contributed by atoms with Crippen molar-refractivity contribution in [2.75, 3.05) is 19.1 Å². The van der Waals surface area contributed by atoms with E-state index in [2.05, 4.69) is 4.98 Å². The molecule has 0 amide bonds. The molecule has 0 atom stereocenters. The van der Waals surface area contributed by atoms with Gasteiger partial charge in [-0.15, -0.1) is 0 Å². The first-order chi connectivity index (χ1) is 5.79. The largest absolute Gasteiger partial charge is 0.493 e. The summed E-state index contributed by atoms with van der Waals surface area (Å²) in [5.74, 6) is 1.13. The van der Waals surface area contributed by atoms with Crippen LogP contribution >= 0.6 is 0 Å². The molecule has 1 rings (SSSR count). The number of nitriles is 1. The van der Waals surface area contributed by atoms with Gasteiger partial charge in [0.2, 0.25) is 0 Å². The van der Waals surface area contributed by atoms with Crippen molar-refractivity contribution in [2.45, 2.75) is 0 Å². The van der Waals surface area contributed by atoms with E-state index in [-0.39, 0.29) is 0 Å². The van der Waals surface area contributed by atoms with Crippen molar-refractivity contribution < 1.29 is 4.74 Å². The summed E-state index contributed by atoms with van der Waals surface area (Å²) in [6.07, 6.45) is 3.56. The molecule has 1 aromatic rings. The van der Waals surface area contributed by atoms with Crippen LogP contribution in [0.15, 0.2) is 18.3 Å². The van der Waals surface area contributed by atoms with Gasteiger partial charge >= 0.3 is 0 Å². The van der Waals surface area contributed by atoms with Gasteiger partial charge in [0, 0.05) is 13.2 Å². The maximum absolute atomic E-state index is 8.59. The van der Waals surface area contributed by atoms with Crippen molar-refractivity contribution in [1.29, 1.82) is 5.26 Å². The Morgan fingerprint density at radius 1 is 1.67 bits per heavy atom. The van der Waals surface area contributed by atoms with Gasteiger partial charge in [0.1, 0.15) is 0 Å². The topological polar surface area (TPSA) is 49.1 Å². The molecule has 0 N–H and O–H groups in total. The van der Waals surface area contributed by atoms with E-state index in [0.29, 0.717) is 11.6 Å². The first kappa shape index (κ1) is 8.34. The molecule has 0 unspecified atom stereocenters. The summed E-state index contributed by atoms with van der Waals surface area (Å²) in [5.41, 5.74) is 0. The van der Waals surface area contributed by atoms with Crippen LogP contribution in [0.25, 0.3) is 0 Å². The molecular formula is C8H9N3O. The lowest BCUT2D eigenvalue weighted by atomic mass is 10.4. The van der Waals surface area contributed by atoms with E-state index in [1.807, 2.05) is 6.19 Å². The zero-order valence-corrected chi connectivity index (χ0v) is 6.98. The molecule has 4 heteroatoms. The summed E-state index contributed by atoms with van der Waals surface area (Å²) < 4.78 is 5.01. The zero-order valence-electron chi connectivity index (χ0n) is 6.98. The van der Waals surface area contributed by atoms with Gasteiger partial charge in [-0.2, -0.15) is 5.26 Å². The fourth-order valence-corrected chi connectivity index (χ4v) is 0.841. The average molecular weight is 163 g/mol. The molecule has 4 nitrogen and oxygen atoms in total. The van der Waals surface area contributed by atoms with Crippen LogP contribution in [-0.2, 0) is 0 Å². The summed E-state index contributed by atoms with van der Waals surface area (Å²) in [6, 6.07) is 3.52. The Kier molecular flexibility index (Phi) is 2.49. The molecule has 1 heterocycles. The molecule has 0 aliphatic rings. The number of rotatable bonds is 2. The molecule has 0 fully saturated rings. The highest BCUT2D eigenvalue weighted by Crippen LogP contribution is 2.22. The smallest absolute Gasteiger partial charge is 0.185 e. The molecule has 0 saturated heterocycles. The van der Waals surface area contributed by atoms with Gasteiger partial charge in [0.25, 0.3) is 0 Å². The van der Waals surface area contributed by atoms with Gasteiger partial charge in [-0.05, 0) is 12.1 Å². The monoisotopic (exact) mass is 163 g/mol. The fourth-order valence-electron chi connectivity index (χ4n) is 0.841. The molecular weight excluding hydrogens is 154 g/mol. The minimum absolute atomic E-state index is 0.530. The number of pyridine rings is 1. The molecule has 0 saturated carbocycles. The van der Waals surface area contributed by atoms with Crippen LogP contribution < -0.4 is 9.64 Å². The van der Waals surface area contributed by atoms with Gasteiger partial charge in [-0.25, -0.2) is 4.98 Å². The van der Waals surface area contributed by atoms with E-state index < -0.39 is 0 Å². The van der Waals surface area contributed by atoms with Gasteiger partial charge in [-0.3, -0.25) is 4.90 Å². The van der Waals surface area contributed by atoms with Gasteiger partial charge in [0.15, 0.2) is 17.8 Å². The molecule has 0 bridgehead atoms. The summed E-state index contributed by atoms with van der Waals surface area (Å²) >= 11 is 0. The molecule has 62 valence electrons. The molecule has 0 aliphatic carbocycles. The average Bonchev–Trinajstić information content (AvgIpc) is 2.16. The SMILES string of the molecule is COc1cccnc1N(C)C#N. The number of hydrogen-bond acceptors (Lipinski definition) is 4. The van der Waals surface area contributed by atoms with E-state index in [9.17, 15) is 0 Å². The number of hydrogen-bond donors (Lipinski definition) is 0. The van der Waals surface area contributed by atoms with E-state index >= 15 is 0 Å². The summed E-state index contributed by atoms with van der Waals surface area (Å²) in [5, 5.41) is 8.59. The quantitative estimate of drug-likeness (QED) is 0.482. The van der Waals surface area contributed by atoms with Crippen LogP contribution in [-0.4, -0.2) is 19.1 Å². The van der Waals surface area contributed by atoms with Crippen LogP contribution in [0.3, 0.4) is 0 Å². The Hall–Kier alpha value is -1.76. The van der Waals surface area contributed by atoms with Crippen LogP contribution in [0.4, 0.5) is 5.82 Å². The van der Waals surface area contributed by atoms with Gasteiger partial charge in [0.05, 0.1) is 7.11 Å². The number of ether oxygens (including phenoxy) is 1. The summed E-state index contributed by atoms with van der Waals surface area (Å²) in [4.78, 5) is 5.34. The third-order valence-corrected chi connectivity index (χ3v) is 1.44. The molecule has 0 radical (unpaired) electrons. The predicted molar refractivity (Wildman–Crippen MR) is 44.8 cm³/mol. The van der Waals surface area contributed by atoms with E-state index in [4.69, 9.17) is 10.00 Å². The normalized spacial score (nSPS) is 8.75. The van der Waals surface area contributed by atoms with Crippen LogP contribution in [0, 0.1) is 11.5 Å². The molecule has 12 heavy (non-hydrogen) atoms. The highest BCUT2D eigenvalue weighted by Gasteiger charge is 2.06. The van der Waals surface area contributed by atoms with Gasteiger partial charge in [-0.1, -0.05) is 0 Å². The first-order valence-electron chi connectivity index (χ1n) is 3.42. The lowest BCUT2D eigenvalue weighted by Crippen LogP contribution is -2.11. The van der Waals surface area contributed by atoms with E-state index in [1.165, 1.54) is 4.90 Å². The summed E-state index contributed by atoms with van der Waals surface area (Å²) in [7, 11) is 3.18. The third kappa shape index (κ3) is 1.45. The van der Waals surface area contributed by atoms with Crippen molar-refractivity contribution in [3.63, 3.8) is 0 Å². The molecule has 0 aliphatic heterocycles. The van der Waals surface area contributed by atoms with Crippen molar-refractivity contribution in [3.05, 3.63) is 18.3 Å². The van der Waals surface area contributed by atoms with Crippen molar-refractivity contribution in [1.82, 2.24) is 4.98 Å². The van der Waals surface area contributed by atoms with Crippen LogP contribution in [0.2, 0.25) is 0 Å². The minimum atomic E-state index is 0.530. The van der Waals surface area contributed by atoms with E-state index in [0.717, 1.165) is 0 Å². The number of anilines is 1. The Morgan fingerprint density at radius 3 is 3.00 bits per heavy atom. The Morgan fingerprint density at radius 2 is 2.42 bits per heavy atom. The lowest BCUT2D eigenvalue weighted by Gasteiger charge is -2.10. The predicted octanol–water partition coefficient (Wildman–Crippen LogP) is 1.01. The summed E-state index contributed by atoms with van der Waals surface area (Å²) in [6.45, 7) is 0. The Balaban J connectivity index is 3.06. The third-order valence-electron chi connectivity index (χ3n) is 1.44. The lowest BCUT2D eigenvalue weighted by molar-refractivity contribution is 0.414. The van der Waals surface area contributed by atoms with Crippen molar-refractivity contribution in [2.24, 2.45) is 0 Å². The van der Waals surface area contributed by atoms with Crippen LogP contribution in [0.5, 0.6) is 5.75 Å². The fraction of sp³-hybridized carbons (Fsp3) is 0.250. The highest BCUT2D eigenvalue weighted by molar-refractivity contribution is 5.54. The Bertz CT molecular complexity index is 305. The van der Waals surface area contributed by atoms with Gasteiger partial charge < -0.3 is 4.74 Å². The van der Waals surface area contributed by atoms with E-state index in [1.54, 1.807) is 32.5 Å². The maximum atomic E-state index is 8.59. The standard InChI is InChI=1S/C8H9N3O/c1-11(6-9)8-7(12-2)4-3-5-10-8/h3-5H,1-2H3. The zero-order chi connectivity index (χ0) is 8.97. The molecule has 1 aromatic heterocycles.